The Hall–Kier alpha value is -4.44. The lowest BCUT2D eigenvalue weighted by molar-refractivity contribution is -0.123. The lowest BCUT2D eigenvalue weighted by Crippen LogP contribution is -2.43. The lowest BCUT2D eigenvalue weighted by Gasteiger charge is -2.30. The average Bonchev–Trinajstić information content (AvgIpc) is 3.47. The van der Waals surface area contributed by atoms with Gasteiger partial charge in [-0.05, 0) is 55.2 Å². The van der Waals surface area contributed by atoms with Gasteiger partial charge in [0.15, 0.2) is 11.7 Å². The Balaban J connectivity index is 1.80. The molecule has 2 heterocycles. The molecule has 184 valence electrons. The van der Waals surface area contributed by atoms with Gasteiger partial charge >= 0.3 is 0 Å². The van der Waals surface area contributed by atoms with E-state index >= 15 is 0 Å². The number of anilines is 2. The van der Waals surface area contributed by atoms with Gasteiger partial charge in [0.25, 0.3) is 17.7 Å². The second-order valence-electron chi connectivity index (χ2n) is 8.20. The molecular weight excluding hydrogens is 478 g/mol. The molecule has 0 spiro atoms. The van der Waals surface area contributed by atoms with Crippen LogP contribution in [0.5, 0.6) is 0 Å². The summed E-state index contributed by atoms with van der Waals surface area (Å²) in [6.07, 6.45) is 0. The number of hydrogen-bond acceptors (Lipinski definition) is 7. The zero-order chi connectivity index (χ0) is 25.8. The fourth-order valence-corrected chi connectivity index (χ4v) is 4.43. The monoisotopic (exact) mass is 503 g/mol. The molecule has 10 heteroatoms. The number of primary amides is 1. The molecule has 0 aliphatic heterocycles. The lowest BCUT2D eigenvalue weighted by atomic mass is 10.1. The van der Waals surface area contributed by atoms with E-state index in [1.165, 1.54) is 4.90 Å². The minimum Gasteiger partial charge on any atom is -0.464 e. The van der Waals surface area contributed by atoms with Crippen molar-refractivity contribution in [3.05, 3.63) is 99.9 Å². The number of nitrogens with two attached hydrogens (primary N) is 2. The van der Waals surface area contributed by atoms with Crippen molar-refractivity contribution in [1.29, 1.82) is 0 Å². The summed E-state index contributed by atoms with van der Waals surface area (Å²) in [4.78, 5) is 40.6. The van der Waals surface area contributed by atoms with E-state index in [1.54, 1.807) is 31.2 Å². The molecule has 0 radical (unpaired) electrons. The average molecular weight is 504 g/mol. The number of amides is 3. The van der Waals surface area contributed by atoms with Gasteiger partial charge in [0.05, 0.1) is 5.69 Å². The molecule has 3 amide bonds. The minimum absolute atomic E-state index is 0.00601. The Morgan fingerprint density at radius 2 is 1.72 bits per heavy atom. The van der Waals surface area contributed by atoms with Crippen LogP contribution in [-0.2, 0) is 11.3 Å². The number of nitrogens with one attached hydrogen (secondary N) is 1. The summed E-state index contributed by atoms with van der Waals surface area (Å²) in [7, 11) is 0. The second-order valence-corrected chi connectivity index (χ2v) is 8.98. The molecule has 5 N–H and O–H groups in total. The van der Waals surface area contributed by atoms with E-state index in [9.17, 15) is 14.4 Å². The molecule has 2 aromatic carbocycles. The number of nitrogen functional groups attached to an aromatic ring is 1. The van der Waals surface area contributed by atoms with Crippen molar-refractivity contribution in [3.8, 4) is 0 Å². The van der Waals surface area contributed by atoms with Gasteiger partial charge in [-0.3, -0.25) is 19.3 Å². The number of rotatable bonds is 8. The van der Waals surface area contributed by atoms with Gasteiger partial charge in [0, 0.05) is 12.2 Å². The number of benzene rings is 2. The summed E-state index contributed by atoms with van der Waals surface area (Å²) < 4.78 is 9.79. The van der Waals surface area contributed by atoms with Gasteiger partial charge in [-0.15, -0.1) is 0 Å². The molecule has 0 aliphatic carbocycles. The molecule has 0 saturated carbocycles. The quantitative estimate of drug-likeness (QED) is 0.334. The third kappa shape index (κ3) is 5.13. The summed E-state index contributed by atoms with van der Waals surface area (Å²) in [5.74, 6) is -1.07. The number of carbonyl (C=O) groups excluding carboxylic acids is 3. The van der Waals surface area contributed by atoms with E-state index in [0.29, 0.717) is 11.4 Å². The largest absolute Gasteiger partial charge is 0.464 e. The van der Waals surface area contributed by atoms with Crippen LogP contribution in [0.4, 0.5) is 11.4 Å². The number of nitrogens with zero attached hydrogens (tertiary/aromatic N) is 2. The third-order valence-electron chi connectivity index (χ3n) is 5.53. The molecule has 0 saturated heterocycles. The van der Waals surface area contributed by atoms with Crippen LogP contribution in [0.15, 0.2) is 71.1 Å². The number of aryl methyl sites for hydroxylation is 2. The summed E-state index contributed by atoms with van der Waals surface area (Å²) >= 11 is 0.749. The van der Waals surface area contributed by atoms with E-state index in [1.807, 2.05) is 49.4 Å². The smallest absolute Gasteiger partial charge is 0.273 e. The van der Waals surface area contributed by atoms with Gasteiger partial charge in [-0.2, -0.15) is 4.37 Å². The first-order valence-electron chi connectivity index (χ1n) is 11.1. The summed E-state index contributed by atoms with van der Waals surface area (Å²) in [5, 5.41) is 2.90. The Morgan fingerprint density at radius 3 is 2.31 bits per heavy atom. The van der Waals surface area contributed by atoms with Gasteiger partial charge in [0.1, 0.15) is 16.4 Å². The Kier molecular flexibility index (Phi) is 7.16. The summed E-state index contributed by atoms with van der Waals surface area (Å²) in [6.45, 7) is 3.91. The predicted molar refractivity (Wildman–Crippen MR) is 138 cm³/mol. The molecule has 36 heavy (non-hydrogen) atoms. The topological polar surface area (TPSA) is 145 Å². The van der Waals surface area contributed by atoms with Gasteiger partial charge < -0.3 is 21.2 Å². The fraction of sp³-hybridized carbons (Fsp3) is 0.154. The number of hydrogen-bond donors (Lipinski definition) is 3. The maximum Gasteiger partial charge on any atom is 0.273 e. The van der Waals surface area contributed by atoms with E-state index in [0.717, 1.165) is 22.7 Å². The highest BCUT2D eigenvalue weighted by Crippen LogP contribution is 2.34. The molecule has 0 fully saturated rings. The molecule has 0 bridgehead atoms. The van der Waals surface area contributed by atoms with Crippen LogP contribution in [0.3, 0.4) is 0 Å². The number of aromatic nitrogens is 1. The van der Waals surface area contributed by atoms with Crippen molar-refractivity contribution in [2.75, 3.05) is 10.6 Å². The van der Waals surface area contributed by atoms with Crippen LogP contribution in [0.2, 0.25) is 0 Å². The molecule has 4 rings (SSSR count). The Bertz CT molecular complexity index is 1400. The maximum atomic E-state index is 13.9. The Morgan fingerprint density at radius 1 is 1.03 bits per heavy atom. The molecule has 0 unspecified atom stereocenters. The third-order valence-corrected chi connectivity index (χ3v) is 6.38. The zero-order valence-corrected chi connectivity index (χ0v) is 20.5. The molecule has 1 atom stereocenters. The highest BCUT2D eigenvalue weighted by Gasteiger charge is 2.37. The molecule has 4 aromatic rings. The highest BCUT2D eigenvalue weighted by atomic mass is 32.1. The van der Waals surface area contributed by atoms with Crippen molar-refractivity contribution in [2.24, 2.45) is 5.73 Å². The van der Waals surface area contributed by atoms with Crippen LogP contribution < -0.4 is 21.7 Å². The van der Waals surface area contributed by atoms with Crippen LogP contribution in [0.1, 0.15) is 48.8 Å². The van der Waals surface area contributed by atoms with Crippen molar-refractivity contribution in [1.82, 2.24) is 9.69 Å². The second kappa shape index (κ2) is 10.4. The summed E-state index contributed by atoms with van der Waals surface area (Å²) in [5.41, 5.74) is 13.4. The van der Waals surface area contributed by atoms with Crippen molar-refractivity contribution < 1.29 is 18.8 Å². The zero-order valence-electron chi connectivity index (χ0n) is 19.7. The van der Waals surface area contributed by atoms with Crippen LogP contribution in [-0.4, -0.2) is 22.1 Å². The van der Waals surface area contributed by atoms with E-state index in [4.69, 9.17) is 15.9 Å². The normalized spacial score (nSPS) is 11.6. The van der Waals surface area contributed by atoms with Crippen LogP contribution >= 0.6 is 11.5 Å². The number of carbonyl (C=O) groups is 3. The number of furan rings is 1. The van der Waals surface area contributed by atoms with Crippen molar-refractivity contribution >= 4 is 40.6 Å². The molecule has 2 aromatic heterocycles. The first kappa shape index (κ1) is 24.7. The van der Waals surface area contributed by atoms with Crippen molar-refractivity contribution in [3.63, 3.8) is 0 Å². The van der Waals surface area contributed by atoms with E-state index in [2.05, 4.69) is 9.69 Å². The van der Waals surface area contributed by atoms with E-state index in [-0.39, 0.29) is 28.6 Å². The van der Waals surface area contributed by atoms with Crippen molar-refractivity contribution in [2.45, 2.75) is 26.4 Å². The Labute approximate surface area is 211 Å². The molecule has 0 aliphatic rings. The summed E-state index contributed by atoms with van der Waals surface area (Å²) in [6, 6.07) is 18.7. The maximum absolute atomic E-state index is 13.9. The standard InChI is InChI=1S/C26H25N5O4S/c1-15-8-11-18(12-9-15)31(26(34)23-20(27)21(24(28)32)30-36-23)22(19-13-10-16(2)35-19)25(33)29-14-17-6-4-3-5-7-17/h3-13,22H,14,27H2,1-2H3,(H2,28,32)(H,29,33)/t22-/m0/s1. The highest BCUT2D eigenvalue weighted by molar-refractivity contribution is 7.09. The van der Waals surface area contributed by atoms with Crippen LogP contribution in [0.25, 0.3) is 0 Å². The minimum atomic E-state index is -1.17. The first-order chi connectivity index (χ1) is 17.3. The molecular formula is C26H25N5O4S. The van der Waals surface area contributed by atoms with Gasteiger partial charge in [-0.25, -0.2) is 0 Å². The molecule has 9 nitrogen and oxygen atoms in total. The van der Waals surface area contributed by atoms with E-state index < -0.39 is 23.8 Å². The fourth-order valence-electron chi connectivity index (χ4n) is 3.68. The predicted octanol–water partition coefficient (Wildman–Crippen LogP) is 3.74. The first-order valence-corrected chi connectivity index (χ1v) is 11.9. The van der Waals surface area contributed by atoms with Crippen LogP contribution in [0, 0.1) is 13.8 Å². The SMILES string of the molecule is Cc1ccc(N(C(=O)c2snc(C(N)=O)c2N)[C@H](C(=O)NCc2ccccc2)c2ccc(C)o2)cc1. The van der Waals surface area contributed by atoms with Gasteiger partial charge in [0.2, 0.25) is 0 Å². The van der Waals surface area contributed by atoms with Gasteiger partial charge in [-0.1, -0.05) is 48.0 Å².